The van der Waals surface area contributed by atoms with Crippen LogP contribution in [0.15, 0.2) is 71.1 Å². The molecule has 4 nitrogen and oxygen atoms in total. The van der Waals surface area contributed by atoms with Crippen LogP contribution in [0.3, 0.4) is 0 Å². The van der Waals surface area contributed by atoms with E-state index in [1.54, 1.807) is 30.3 Å². The lowest BCUT2D eigenvalue weighted by Gasteiger charge is -2.07. The van der Waals surface area contributed by atoms with Gasteiger partial charge in [-0.2, -0.15) is 13.2 Å². The third-order valence-corrected chi connectivity index (χ3v) is 5.39. The lowest BCUT2D eigenvalue weighted by atomic mass is 10.0. The lowest BCUT2D eigenvalue weighted by Crippen LogP contribution is -2.03. The molecule has 0 amide bonds. The predicted molar refractivity (Wildman–Crippen MR) is 115 cm³/mol. The molecule has 1 aromatic heterocycles. The molecule has 0 aliphatic carbocycles. The third kappa shape index (κ3) is 4.35. The summed E-state index contributed by atoms with van der Waals surface area (Å²) in [5.41, 5.74) is 0.827. The van der Waals surface area contributed by atoms with Gasteiger partial charge in [0.1, 0.15) is 5.69 Å². The molecule has 0 saturated carbocycles. The van der Waals surface area contributed by atoms with Gasteiger partial charge in [0.05, 0.1) is 21.2 Å². The molecule has 1 heterocycles. The Bertz CT molecular complexity index is 1320. The van der Waals surface area contributed by atoms with Gasteiger partial charge in [0, 0.05) is 16.7 Å². The highest BCUT2D eigenvalue weighted by Crippen LogP contribution is 2.39. The van der Waals surface area contributed by atoms with Gasteiger partial charge in [-0.25, -0.2) is 9.78 Å². The van der Waals surface area contributed by atoms with Crippen molar-refractivity contribution in [2.24, 2.45) is 0 Å². The van der Waals surface area contributed by atoms with E-state index in [1.807, 2.05) is 0 Å². The van der Waals surface area contributed by atoms with Crippen LogP contribution in [0, 0.1) is 0 Å². The first-order valence-corrected chi connectivity index (χ1v) is 9.86. The Morgan fingerprint density at radius 1 is 0.875 bits per heavy atom. The Labute approximate surface area is 189 Å². The number of halogens is 5. The van der Waals surface area contributed by atoms with Crippen LogP contribution in [0.4, 0.5) is 13.2 Å². The number of benzene rings is 3. The Kier molecular flexibility index (Phi) is 5.71. The van der Waals surface area contributed by atoms with Gasteiger partial charge < -0.3 is 9.52 Å². The monoisotopic (exact) mass is 477 g/mol. The number of hydrogen-bond acceptors (Lipinski definition) is 3. The topological polar surface area (TPSA) is 63.3 Å². The second kappa shape index (κ2) is 8.33. The maximum Gasteiger partial charge on any atom is 0.416 e. The van der Waals surface area contributed by atoms with Gasteiger partial charge in [-0.05, 0) is 42.5 Å². The van der Waals surface area contributed by atoms with Crippen LogP contribution < -0.4 is 0 Å². The molecule has 4 aromatic rings. The van der Waals surface area contributed by atoms with Crippen LogP contribution in [0.2, 0.25) is 10.0 Å². The van der Waals surface area contributed by atoms with E-state index in [9.17, 15) is 23.1 Å². The van der Waals surface area contributed by atoms with E-state index in [1.165, 1.54) is 24.3 Å². The van der Waals surface area contributed by atoms with Crippen molar-refractivity contribution in [1.29, 1.82) is 0 Å². The summed E-state index contributed by atoms with van der Waals surface area (Å²) in [7, 11) is 0. The van der Waals surface area contributed by atoms with Crippen molar-refractivity contribution in [3.05, 3.63) is 87.9 Å². The maximum absolute atomic E-state index is 13.0. The molecule has 0 atom stereocenters. The van der Waals surface area contributed by atoms with Gasteiger partial charge in [0.25, 0.3) is 0 Å². The number of carboxylic acid groups (broad SMARTS) is 1. The molecule has 3 aromatic carbocycles. The van der Waals surface area contributed by atoms with Gasteiger partial charge in [0.15, 0.2) is 5.76 Å². The summed E-state index contributed by atoms with van der Waals surface area (Å²) < 4.78 is 44.8. The summed E-state index contributed by atoms with van der Waals surface area (Å²) in [6, 6.07) is 15.2. The van der Waals surface area contributed by atoms with Gasteiger partial charge in [-0.1, -0.05) is 47.5 Å². The Morgan fingerprint density at radius 3 is 2.19 bits per heavy atom. The quantitative estimate of drug-likeness (QED) is 0.327. The fraction of sp³-hybridized carbons (Fsp3) is 0.0435. The van der Waals surface area contributed by atoms with Crippen LogP contribution in [-0.2, 0) is 6.18 Å². The molecule has 32 heavy (non-hydrogen) atoms. The number of hydrogen-bond donors (Lipinski definition) is 1. The summed E-state index contributed by atoms with van der Waals surface area (Å²) in [5, 5.41) is 9.84. The first-order valence-electron chi connectivity index (χ1n) is 9.11. The zero-order valence-corrected chi connectivity index (χ0v) is 17.5. The number of carboxylic acids is 1. The fourth-order valence-electron chi connectivity index (χ4n) is 3.07. The number of carbonyl (C=O) groups is 1. The minimum absolute atomic E-state index is 0.0351. The van der Waals surface area contributed by atoms with Crippen molar-refractivity contribution in [2.45, 2.75) is 6.18 Å². The molecule has 1 N–H and O–H groups in total. The van der Waals surface area contributed by atoms with E-state index in [2.05, 4.69) is 4.98 Å². The van der Waals surface area contributed by atoms with E-state index in [-0.39, 0.29) is 22.2 Å². The lowest BCUT2D eigenvalue weighted by molar-refractivity contribution is -0.137. The SMILES string of the molecule is O=C(O)c1cccc(-c2nc(-c3ccc(Cl)c(Cl)c3)c(-c3ccc(C(F)(F)F)cc3)o2)c1. The molecule has 0 unspecified atom stereocenters. The zero-order valence-electron chi connectivity index (χ0n) is 16.0. The van der Waals surface area contributed by atoms with Crippen molar-refractivity contribution >= 4 is 29.2 Å². The molecular formula is C23H12Cl2F3NO3. The molecule has 0 bridgehead atoms. The largest absolute Gasteiger partial charge is 0.478 e. The fourth-order valence-corrected chi connectivity index (χ4v) is 3.37. The molecule has 162 valence electrons. The van der Waals surface area contributed by atoms with E-state index in [0.29, 0.717) is 27.4 Å². The first kappa shape index (κ1) is 21.9. The Balaban J connectivity index is 1.88. The van der Waals surface area contributed by atoms with Crippen LogP contribution in [-0.4, -0.2) is 16.1 Å². The van der Waals surface area contributed by atoms with Crippen LogP contribution in [0.5, 0.6) is 0 Å². The molecule has 9 heteroatoms. The van der Waals surface area contributed by atoms with Gasteiger partial charge in [-0.3, -0.25) is 0 Å². The minimum Gasteiger partial charge on any atom is -0.478 e. The van der Waals surface area contributed by atoms with Crippen LogP contribution >= 0.6 is 23.2 Å². The summed E-state index contributed by atoms with van der Waals surface area (Å²) in [6.45, 7) is 0. The standard InChI is InChI=1S/C23H12Cl2F3NO3/c24-17-9-6-13(11-18(17)25)19-20(12-4-7-16(8-5-12)23(26,27)28)32-21(29-19)14-2-1-3-15(10-14)22(30)31/h1-11H,(H,30,31). The van der Waals surface area contributed by atoms with Gasteiger partial charge in [-0.15, -0.1) is 0 Å². The predicted octanol–water partition coefficient (Wildman–Crippen LogP) is 7.70. The highest BCUT2D eigenvalue weighted by molar-refractivity contribution is 6.42. The van der Waals surface area contributed by atoms with Crippen molar-refractivity contribution < 1.29 is 27.5 Å². The summed E-state index contributed by atoms with van der Waals surface area (Å²) >= 11 is 12.1. The zero-order chi connectivity index (χ0) is 23.0. The number of oxazole rings is 1. The van der Waals surface area contributed by atoms with Crippen molar-refractivity contribution in [3.8, 4) is 34.0 Å². The Morgan fingerprint density at radius 2 is 1.56 bits per heavy atom. The van der Waals surface area contributed by atoms with Crippen LogP contribution in [0.1, 0.15) is 15.9 Å². The number of rotatable bonds is 4. The number of aromatic carboxylic acids is 1. The average molecular weight is 478 g/mol. The molecule has 0 radical (unpaired) electrons. The average Bonchev–Trinajstić information content (AvgIpc) is 3.21. The van der Waals surface area contributed by atoms with E-state index in [4.69, 9.17) is 27.6 Å². The number of nitrogens with zero attached hydrogens (tertiary/aromatic N) is 1. The summed E-state index contributed by atoms with van der Waals surface area (Å²) in [4.78, 5) is 15.8. The summed E-state index contributed by atoms with van der Waals surface area (Å²) in [5.74, 6) is -0.817. The maximum atomic E-state index is 13.0. The molecule has 0 aliphatic rings. The van der Waals surface area contributed by atoms with Crippen LogP contribution in [0.25, 0.3) is 34.0 Å². The molecular weight excluding hydrogens is 466 g/mol. The molecule has 0 saturated heterocycles. The van der Waals surface area contributed by atoms with Crippen molar-refractivity contribution in [1.82, 2.24) is 4.98 Å². The smallest absolute Gasteiger partial charge is 0.416 e. The molecule has 0 fully saturated rings. The van der Waals surface area contributed by atoms with E-state index in [0.717, 1.165) is 12.1 Å². The number of alkyl halides is 3. The second-order valence-electron chi connectivity index (χ2n) is 6.79. The minimum atomic E-state index is -4.48. The number of aromatic nitrogens is 1. The van der Waals surface area contributed by atoms with Crippen molar-refractivity contribution in [3.63, 3.8) is 0 Å². The van der Waals surface area contributed by atoms with Gasteiger partial charge >= 0.3 is 12.1 Å². The normalized spacial score (nSPS) is 11.5. The second-order valence-corrected chi connectivity index (χ2v) is 7.60. The van der Waals surface area contributed by atoms with Crippen molar-refractivity contribution in [2.75, 3.05) is 0 Å². The molecule has 4 rings (SSSR count). The van der Waals surface area contributed by atoms with E-state index < -0.39 is 17.7 Å². The summed E-state index contributed by atoms with van der Waals surface area (Å²) in [6.07, 6.45) is -4.48. The third-order valence-electron chi connectivity index (χ3n) is 4.65. The molecule has 0 aliphatic heterocycles. The first-order chi connectivity index (χ1) is 15.1. The molecule has 0 spiro atoms. The highest BCUT2D eigenvalue weighted by atomic mass is 35.5. The van der Waals surface area contributed by atoms with E-state index >= 15 is 0 Å². The Hall–Kier alpha value is -3.29. The van der Waals surface area contributed by atoms with Gasteiger partial charge in [0.2, 0.25) is 5.89 Å². The highest BCUT2D eigenvalue weighted by Gasteiger charge is 2.30.